The fraction of sp³-hybridized carbons (Fsp3) is 1.00. The van der Waals surface area contributed by atoms with Crippen molar-refractivity contribution >= 4 is 19.7 Å². The minimum absolute atomic E-state index is 0.0260. The van der Waals surface area contributed by atoms with Crippen LogP contribution in [0.4, 0.5) is 0 Å². The summed E-state index contributed by atoms with van der Waals surface area (Å²) in [5.41, 5.74) is 0. The van der Waals surface area contributed by atoms with E-state index in [4.69, 9.17) is 20.2 Å². The first-order valence-electron chi connectivity index (χ1n) is 6.07. The second-order valence-corrected chi connectivity index (χ2v) is 6.84. The smallest absolute Gasteiger partial charge is 0.232 e. The number of hydrogen-bond acceptors (Lipinski definition) is 4. The van der Waals surface area contributed by atoms with E-state index in [0.29, 0.717) is 19.8 Å². The van der Waals surface area contributed by atoms with Crippen molar-refractivity contribution in [2.45, 2.75) is 33.1 Å². The molecule has 0 aliphatic heterocycles. The minimum atomic E-state index is -3.43. The van der Waals surface area contributed by atoms with Gasteiger partial charge in [0.05, 0.1) is 25.6 Å². The third-order valence-electron chi connectivity index (χ3n) is 2.38. The fourth-order valence-electron chi connectivity index (χ4n) is 1.28. The lowest BCUT2D eigenvalue weighted by Crippen LogP contribution is -2.18. The molecule has 0 aromatic rings. The highest BCUT2D eigenvalue weighted by Gasteiger charge is 2.15. The van der Waals surface area contributed by atoms with Crippen LogP contribution in [0.3, 0.4) is 0 Å². The fourth-order valence-corrected chi connectivity index (χ4v) is 2.71. The van der Waals surface area contributed by atoms with Crippen molar-refractivity contribution in [3.63, 3.8) is 0 Å². The zero-order valence-corrected chi connectivity index (χ0v) is 12.2. The van der Waals surface area contributed by atoms with Crippen molar-refractivity contribution < 1.29 is 17.9 Å². The van der Waals surface area contributed by atoms with Gasteiger partial charge in [0, 0.05) is 17.3 Å². The molecule has 0 bridgehead atoms. The van der Waals surface area contributed by atoms with Crippen molar-refractivity contribution in [1.29, 1.82) is 0 Å². The van der Waals surface area contributed by atoms with Crippen molar-refractivity contribution in [2.24, 2.45) is 5.92 Å². The van der Waals surface area contributed by atoms with Crippen LogP contribution >= 0.6 is 10.7 Å². The Bertz CT molecular complexity index is 267. The number of hydrogen-bond donors (Lipinski definition) is 0. The van der Waals surface area contributed by atoms with Crippen LogP contribution in [0.2, 0.25) is 0 Å². The molecule has 0 aromatic carbocycles. The van der Waals surface area contributed by atoms with Crippen LogP contribution < -0.4 is 0 Å². The second-order valence-electron chi connectivity index (χ2n) is 4.02. The first kappa shape index (κ1) is 17.2. The Balaban J connectivity index is 3.50. The summed E-state index contributed by atoms with van der Waals surface area (Å²) in [6, 6.07) is 0. The monoisotopic (exact) mass is 286 g/mol. The van der Waals surface area contributed by atoms with Crippen molar-refractivity contribution in [2.75, 3.05) is 32.2 Å². The van der Waals surface area contributed by atoms with Crippen molar-refractivity contribution in [3.05, 3.63) is 0 Å². The lowest BCUT2D eigenvalue weighted by atomic mass is 10.1. The van der Waals surface area contributed by atoms with Gasteiger partial charge < -0.3 is 9.47 Å². The molecule has 6 heteroatoms. The van der Waals surface area contributed by atoms with Gasteiger partial charge in [-0.1, -0.05) is 26.7 Å². The Morgan fingerprint density at radius 2 is 1.76 bits per heavy atom. The van der Waals surface area contributed by atoms with Crippen LogP contribution in [-0.2, 0) is 18.5 Å². The van der Waals surface area contributed by atoms with Crippen LogP contribution in [0.1, 0.15) is 33.1 Å². The molecule has 0 N–H and O–H groups in total. The average molecular weight is 287 g/mol. The molecule has 17 heavy (non-hydrogen) atoms. The van der Waals surface area contributed by atoms with E-state index in [1.165, 1.54) is 0 Å². The van der Waals surface area contributed by atoms with Crippen LogP contribution in [0.25, 0.3) is 0 Å². The Kier molecular flexibility index (Phi) is 10.2. The molecular weight excluding hydrogens is 264 g/mol. The van der Waals surface area contributed by atoms with Crippen LogP contribution in [0.15, 0.2) is 0 Å². The zero-order chi connectivity index (χ0) is 13.1. The Hall–Kier alpha value is 0.160. The highest BCUT2D eigenvalue weighted by molar-refractivity contribution is 8.13. The quantitative estimate of drug-likeness (QED) is 0.432. The normalized spacial score (nSPS) is 13.8. The third kappa shape index (κ3) is 12.4. The Labute approximate surface area is 109 Å². The molecule has 0 amide bonds. The van der Waals surface area contributed by atoms with Gasteiger partial charge in [0.25, 0.3) is 0 Å². The maximum Gasteiger partial charge on any atom is 0.232 e. The largest absolute Gasteiger partial charge is 0.379 e. The summed E-state index contributed by atoms with van der Waals surface area (Å²) in [6.45, 7) is 6.27. The highest BCUT2D eigenvalue weighted by atomic mass is 35.7. The number of unbranched alkanes of at least 4 members (excludes halogenated alkanes) is 1. The molecule has 0 aliphatic rings. The SMILES string of the molecule is CCCCOCCOCC(CC)CS(=O)(=O)Cl. The zero-order valence-electron chi connectivity index (χ0n) is 10.7. The van der Waals surface area contributed by atoms with Gasteiger partial charge in [-0.2, -0.15) is 0 Å². The minimum Gasteiger partial charge on any atom is -0.379 e. The average Bonchev–Trinajstić information content (AvgIpc) is 2.24. The summed E-state index contributed by atoms with van der Waals surface area (Å²) in [7, 11) is 1.77. The first-order valence-corrected chi connectivity index (χ1v) is 8.55. The number of ether oxygens (including phenoxy) is 2. The number of halogens is 1. The molecule has 0 heterocycles. The van der Waals surface area contributed by atoms with Crippen LogP contribution in [0, 0.1) is 5.92 Å². The van der Waals surface area contributed by atoms with Crippen LogP contribution in [0.5, 0.6) is 0 Å². The molecular formula is C11H23ClO4S. The van der Waals surface area contributed by atoms with Crippen molar-refractivity contribution in [3.8, 4) is 0 Å². The van der Waals surface area contributed by atoms with Gasteiger partial charge in [0.15, 0.2) is 0 Å². The predicted molar refractivity (Wildman–Crippen MR) is 70.0 cm³/mol. The molecule has 104 valence electrons. The van der Waals surface area contributed by atoms with Gasteiger partial charge in [0.2, 0.25) is 9.05 Å². The predicted octanol–water partition coefficient (Wildman–Crippen LogP) is 2.41. The molecule has 0 radical (unpaired) electrons. The standard InChI is InChI=1S/C11H23ClO4S/c1-3-5-6-15-7-8-16-9-11(4-2)10-17(12,13)14/h11H,3-10H2,1-2H3. The molecule has 1 unspecified atom stereocenters. The van der Waals surface area contributed by atoms with E-state index in [1.807, 2.05) is 6.92 Å². The van der Waals surface area contributed by atoms with Gasteiger partial charge in [-0.3, -0.25) is 0 Å². The first-order chi connectivity index (χ1) is 7.99. The highest BCUT2D eigenvalue weighted by Crippen LogP contribution is 2.10. The summed E-state index contributed by atoms with van der Waals surface area (Å²) in [5.74, 6) is -0.0602. The molecule has 0 fully saturated rings. The van der Waals surface area contributed by atoms with E-state index in [2.05, 4.69) is 6.92 Å². The molecule has 0 spiro atoms. The maximum absolute atomic E-state index is 10.9. The molecule has 1 atom stereocenters. The van der Waals surface area contributed by atoms with E-state index in [9.17, 15) is 8.42 Å². The molecule has 0 rings (SSSR count). The molecule has 0 aromatic heterocycles. The van der Waals surface area contributed by atoms with Gasteiger partial charge >= 0.3 is 0 Å². The van der Waals surface area contributed by atoms with Gasteiger partial charge in [0.1, 0.15) is 0 Å². The summed E-state index contributed by atoms with van der Waals surface area (Å²) >= 11 is 0. The molecule has 4 nitrogen and oxygen atoms in total. The molecule has 0 aliphatic carbocycles. The maximum atomic E-state index is 10.9. The van der Waals surface area contributed by atoms with Gasteiger partial charge in [-0.05, 0) is 12.3 Å². The summed E-state index contributed by atoms with van der Waals surface area (Å²) < 4.78 is 32.5. The lowest BCUT2D eigenvalue weighted by Gasteiger charge is -2.13. The topological polar surface area (TPSA) is 52.6 Å². The van der Waals surface area contributed by atoms with Gasteiger partial charge in [-0.25, -0.2) is 8.42 Å². The van der Waals surface area contributed by atoms with E-state index in [1.54, 1.807) is 0 Å². The second kappa shape index (κ2) is 10.1. The van der Waals surface area contributed by atoms with Crippen molar-refractivity contribution in [1.82, 2.24) is 0 Å². The van der Waals surface area contributed by atoms with E-state index in [-0.39, 0.29) is 11.7 Å². The Morgan fingerprint density at radius 3 is 2.29 bits per heavy atom. The lowest BCUT2D eigenvalue weighted by molar-refractivity contribution is 0.0348. The molecule has 0 saturated heterocycles. The Morgan fingerprint density at radius 1 is 1.12 bits per heavy atom. The summed E-state index contributed by atoms with van der Waals surface area (Å²) in [5, 5.41) is 0. The van der Waals surface area contributed by atoms with Gasteiger partial charge in [-0.15, -0.1) is 0 Å². The van der Waals surface area contributed by atoms with E-state index < -0.39 is 9.05 Å². The summed E-state index contributed by atoms with van der Waals surface area (Å²) in [6.07, 6.45) is 2.91. The third-order valence-corrected chi connectivity index (χ3v) is 3.63. The van der Waals surface area contributed by atoms with Crippen LogP contribution in [-0.4, -0.2) is 40.6 Å². The van der Waals surface area contributed by atoms with E-state index >= 15 is 0 Å². The number of rotatable bonds is 11. The summed E-state index contributed by atoms with van der Waals surface area (Å²) in [4.78, 5) is 0. The van der Waals surface area contributed by atoms with E-state index in [0.717, 1.165) is 25.9 Å². The molecule has 0 saturated carbocycles.